The fourth-order valence-corrected chi connectivity index (χ4v) is 6.12. The fraction of sp³-hybridized carbons (Fsp3) is 0.941. The number of carboxylic acids is 1. The number of hydrogen-bond acceptors (Lipinski definition) is 3. The Morgan fingerprint density at radius 3 is 1.29 bits per heavy atom. The van der Waals surface area contributed by atoms with E-state index in [1.807, 2.05) is 0 Å². The Labute approximate surface area is 236 Å². The van der Waals surface area contributed by atoms with Crippen LogP contribution in [0.5, 0.6) is 0 Å². The molecule has 3 unspecified atom stereocenters. The van der Waals surface area contributed by atoms with Crippen LogP contribution in [0.1, 0.15) is 187 Å². The second-order valence-corrected chi connectivity index (χ2v) is 12.2. The van der Waals surface area contributed by atoms with Gasteiger partial charge in [0.2, 0.25) is 0 Å². The molecular weight excluding hydrogens is 472 g/mol. The first-order valence-corrected chi connectivity index (χ1v) is 17.0. The van der Waals surface area contributed by atoms with E-state index in [-0.39, 0.29) is 12.1 Å². The molecule has 224 valence electrons. The number of hydrogen-bond donors (Lipinski definition) is 1. The van der Waals surface area contributed by atoms with Gasteiger partial charge in [-0.25, -0.2) is 0 Å². The molecule has 0 saturated heterocycles. The molecule has 1 saturated carbocycles. The van der Waals surface area contributed by atoms with E-state index < -0.39 is 17.8 Å². The van der Waals surface area contributed by atoms with Gasteiger partial charge in [-0.15, -0.1) is 0 Å². The first kappa shape index (κ1) is 35.0. The van der Waals surface area contributed by atoms with E-state index in [0.29, 0.717) is 12.8 Å². The maximum Gasteiger partial charge on any atom is 0.310 e. The van der Waals surface area contributed by atoms with Crippen LogP contribution in [-0.2, 0) is 14.3 Å². The smallest absolute Gasteiger partial charge is 0.310 e. The highest BCUT2D eigenvalue weighted by molar-refractivity contribution is 5.81. The number of aliphatic carboxylic acids is 1. The Morgan fingerprint density at radius 1 is 0.579 bits per heavy atom. The topological polar surface area (TPSA) is 63.6 Å². The molecule has 1 rings (SSSR count). The molecule has 0 radical (unpaired) electrons. The summed E-state index contributed by atoms with van der Waals surface area (Å²) in [6, 6.07) is 0. The van der Waals surface area contributed by atoms with Crippen molar-refractivity contribution < 1.29 is 19.4 Å². The minimum atomic E-state index is -0.832. The Kier molecular flexibility index (Phi) is 23.0. The number of esters is 1. The maximum atomic E-state index is 13.0. The minimum Gasteiger partial charge on any atom is -0.481 e. The third-order valence-corrected chi connectivity index (χ3v) is 8.68. The molecule has 38 heavy (non-hydrogen) atoms. The maximum absolute atomic E-state index is 13.0. The standard InChI is InChI=1S/C34H64O4/c1-3-5-7-9-11-12-13-14-15-16-17-18-19-21-23-27-30(26-22-20-10-8-6-4-2)38-34(37)32-29-25-24-28-31(32)33(35)36/h30-32H,3-29H2,1-2H3,(H,35,36). The minimum absolute atomic E-state index is 0.0352. The van der Waals surface area contributed by atoms with Gasteiger partial charge in [0.1, 0.15) is 6.10 Å². The molecule has 0 heterocycles. The van der Waals surface area contributed by atoms with Crippen molar-refractivity contribution in [3.05, 3.63) is 0 Å². The van der Waals surface area contributed by atoms with Crippen LogP contribution in [0.3, 0.4) is 0 Å². The number of carbonyl (C=O) groups is 2. The summed E-state index contributed by atoms with van der Waals surface area (Å²) in [7, 11) is 0. The van der Waals surface area contributed by atoms with E-state index in [2.05, 4.69) is 13.8 Å². The molecule has 0 bridgehead atoms. The molecule has 1 aliphatic rings. The van der Waals surface area contributed by atoms with Gasteiger partial charge in [-0.3, -0.25) is 9.59 Å². The van der Waals surface area contributed by atoms with Crippen LogP contribution in [0.2, 0.25) is 0 Å². The summed E-state index contributed by atoms with van der Waals surface area (Å²) in [4.78, 5) is 24.6. The van der Waals surface area contributed by atoms with Crippen LogP contribution < -0.4 is 0 Å². The predicted octanol–water partition coefficient (Wildman–Crippen LogP) is 10.8. The fourth-order valence-electron chi connectivity index (χ4n) is 6.12. The van der Waals surface area contributed by atoms with Crippen LogP contribution in [-0.4, -0.2) is 23.1 Å². The van der Waals surface area contributed by atoms with Gasteiger partial charge >= 0.3 is 11.9 Å². The van der Waals surface area contributed by atoms with Gasteiger partial charge in [0, 0.05) is 0 Å². The SMILES string of the molecule is CCCCCCCCCCCCCCCCCC(CCCCCCCC)OC(=O)C1CCCCC1C(=O)O. The highest BCUT2D eigenvalue weighted by atomic mass is 16.5. The molecule has 3 atom stereocenters. The molecule has 1 fully saturated rings. The molecule has 0 spiro atoms. The van der Waals surface area contributed by atoms with Crippen LogP contribution in [0.4, 0.5) is 0 Å². The first-order chi connectivity index (χ1) is 18.6. The second-order valence-electron chi connectivity index (χ2n) is 12.2. The van der Waals surface area contributed by atoms with Crippen molar-refractivity contribution in [2.75, 3.05) is 0 Å². The zero-order valence-corrected chi connectivity index (χ0v) is 25.5. The summed E-state index contributed by atoms with van der Waals surface area (Å²) >= 11 is 0. The van der Waals surface area contributed by atoms with Crippen LogP contribution in [0.25, 0.3) is 0 Å². The monoisotopic (exact) mass is 536 g/mol. The molecule has 1 aliphatic carbocycles. The molecular formula is C34H64O4. The second kappa shape index (κ2) is 24.9. The van der Waals surface area contributed by atoms with Crippen molar-refractivity contribution in [1.82, 2.24) is 0 Å². The summed E-state index contributed by atoms with van der Waals surface area (Å²) in [6.45, 7) is 4.52. The lowest BCUT2D eigenvalue weighted by Gasteiger charge is -2.29. The quantitative estimate of drug-likeness (QED) is 0.0882. The Balaban J connectivity index is 2.22. The van der Waals surface area contributed by atoms with E-state index in [4.69, 9.17) is 4.74 Å². The number of carboxylic acid groups (broad SMARTS) is 1. The summed E-state index contributed by atoms with van der Waals surface area (Å²) in [6.07, 6.45) is 32.7. The number of unbranched alkanes of at least 4 members (excludes halogenated alkanes) is 19. The largest absolute Gasteiger partial charge is 0.481 e. The van der Waals surface area contributed by atoms with Gasteiger partial charge in [-0.2, -0.15) is 0 Å². The summed E-state index contributed by atoms with van der Waals surface area (Å²) in [5, 5.41) is 9.58. The van der Waals surface area contributed by atoms with Crippen molar-refractivity contribution in [2.24, 2.45) is 11.8 Å². The number of ether oxygens (including phenoxy) is 1. The van der Waals surface area contributed by atoms with Crippen molar-refractivity contribution in [2.45, 2.75) is 193 Å². The average Bonchev–Trinajstić information content (AvgIpc) is 2.92. The van der Waals surface area contributed by atoms with E-state index in [1.165, 1.54) is 122 Å². The third kappa shape index (κ3) is 18.3. The summed E-state index contributed by atoms with van der Waals surface area (Å²) in [5.74, 6) is -2.08. The van der Waals surface area contributed by atoms with Crippen molar-refractivity contribution >= 4 is 11.9 Å². The predicted molar refractivity (Wildman–Crippen MR) is 161 cm³/mol. The van der Waals surface area contributed by atoms with E-state index in [9.17, 15) is 14.7 Å². The Hall–Kier alpha value is -1.06. The zero-order chi connectivity index (χ0) is 27.7. The molecule has 1 N–H and O–H groups in total. The lowest BCUT2D eigenvalue weighted by Crippen LogP contribution is -2.35. The lowest BCUT2D eigenvalue weighted by atomic mass is 9.79. The van der Waals surface area contributed by atoms with E-state index in [0.717, 1.165) is 38.5 Å². The summed E-state index contributed by atoms with van der Waals surface area (Å²) in [5.41, 5.74) is 0. The number of rotatable bonds is 26. The van der Waals surface area contributed by atoms with Gasteiger partial charge in [-0.1, -0.05) is 149 Å². The van der Waals surface area contributed by atoms with Crippen molar-refractivity contribution in [3.63, 3.8) is 0 Å². The number of carbonyl (C=O) groups excluding carboxylic acids is 1. The molecule has 0 aromatic heterocycles. The van der Waals surface area contributed by atoms with Crippen molar-refractivity contribution in [1.29, 1.82) is 0 Å². The molecule has 0 amide bonds. The van der Waals surface area contributed by atoms with E-state index in [1.54, 1.807) is 0 Å². The summed E-state index contributed by atoms with van der Waals surface area (Å²) < 4.78 is 6.01. The highest BCUT2D eigenvalue weighted by Crippen LogP contribution is 2.32. The molecule has 0 aromatic carbocycles. The normalized spacial score (nSPS) is 18.4. The Bertz CT molecular complexity index is 561. The zero-order valence-electron chi connectivity index (χ0n) is 25.5. The van der Waals surface area contributed by atoms with Gasteiger partial charge in [0.05, 0.1) is 11.8 Å². The van der Waals surface area contributed by atoms with Gasteiger partial charge < -0.3 is 9.84 Å². The van der Waals surface area contributed by atoms with Gasteiger partial charge in [0.15, 0.2) is 0 Å². The Morgan fingerprint density at radius 2 is 0.921 bits per heavy atom. The highest BCUT2D eigenvalue weighted by Gasteiger charge is 2.37. The van der Waals surface area contributed by atoms with Crippen LogP contribution in [0, 0.1) is 11.8 Å². The molecule has 0 aliphatic heterocycles. The molecule has 4 nitrogen and oxygen atoms in total. The van der Waals surface area contributed by atoms with Gasteiger partial charge in [0.25, 0.3) is 0 Å². The van der Waals surface area contributed by atoms with Crippen LogP contribution >= 0.6 is 0 Å². The lowest BCUT2D eigenvalue weighted by molar-refractivity contribution is -0.164. The molecule has 4 heteroatoms. The first-order valence-electron chi connectivity index (χ1n) is 17.0. The van der Waals surface area contributed by atoms with Crippen molar-refractivity contribution in [3.8, 4) is 0 Å². The molecule has 0 aromatic rings. The van der Waals surface area contributed by atoms with Gasteiger partial charge in [-0.05, 0) is 38.5 Å². The third-order valence-electron chi connectivity index (χ3n) is 8.68. The average molecular weight is 537 g/mol. The van der Waals surface area contributed by atoms with Crippen LogP contribution in [0.15, 0.2) is 0 Å². The van der Waals surface area contributed by atoms with E-state index >= 15 is 0 Å².